The SMILES string of the molecule is CCOC(=O)C1CCCCN1C(=O)CN(C)C1CCCCC1. The number of likely N-dealkylation sites (N-methyl/N-ethyl adjacent to an activating group) is 1. The molecule has 1 aliphatic carbocycles. The molecule has 2 fully saturated rings. The fourth-order valence-corrected chi connectivity index (χ4v) is 3.67. The number of piperidine rings is 1. The number of esters is 1. The van der Waals surface area contributed by atoms with E-state index in [0.29, 0.717) is 25.7 Å². The molecule has 5 heteroatoms. The van der Waals surface area contributed by atoms with E-state index >= 15 is 0 Å². The minimum absolute atomic E-state index is 0.0748. The summed E-state index contributed by atoms with van der Waals surface area (Å²) in [6.07, 6.45) is 8.92. The first-order valence-corrected chi connectivity index (χ1v) is 8.79. The van der Waals surface area contributed by atoms with Crippen LogP contribution in [0.2, 0.25) is 0 Å². The Hall–Kier alpha value is -1.10. The van der Waals surface area contributed by atoms with Gasteiger partial charge in [-0.15, -0.1) is 0 Å². The zero-order valence-corrected chi connectivity index (χ0v) is 14.1. The van der Waals surface area contributed by atoms with Crippen molar-refractivity contribution >= 4 is 11.9 Å². The molecule has 0 spiro atoms. The maximum absolute atomic E-state index is 12.6. The second kappa shape index (κ2) is 8.51. The van der Waals surface area contributed by atoms with E-state index in [1.165, 1.54) is 32.1 Å². The molecular weight excluding hydrogens is 280 g/mol. The Morgan fingerprint density at radius 3 is 2.45 bits per heavy atom. The van der Waals surface area contributed by atoms with E-state index in [-0.39, 0.29) is 17.9 Å². The summed E-state index contributed by atoms with van der Waals surface area (Å²) in [5.74, 6) is -0.165. The molecule has 2 rings (SSSR count). The van der Waals surface area contributed by atoms with Crippen LogP contribution >= 0.6 is 0 Å². The van der Waals surface area contributed by atoms with E-state index in [1.54, 1.807) is 4.90 Å². The highest BCUT2D eigenvalue weighted by molar-refractivity contribution is 5.85. The van der Waals surface area contributed by atoms with Gasteiger partial charge in [-0.25, -0.2) is 4.79 Å². The van der Waals surface area contributed by atoms with Crippen LogP contribution in [-0.4, -0.2) is 60.5 Å². The van der Waals surface area contributed by atoms with Crippen LogP contribution in [0.3, 0.4) is 0 Å². The molecule has 0 radical (unpaired) electrons. The molecule has 5 nitrogen and oxygen atoms in total. The largest absolute Gasteiger partial charge is 0.464 e. The van der Waals surface area contributed by atoms with Crippen molar-refractivity contribution in [3.63, 3.8) is 0 Å². The maximum atomic E-state index is 12.6. The summed E-state index contributed by atoms with van der Waals surface area (Å²) < 4.78 is 5.14. The van der Waals surface area contributed by atoms with Crippen LogP contribution in [0.25, 0.3) is 0 Å². The van der Waals surface area contributed by atoms with Gasteiger partial charge in [0.25, 0.3) is 0 Å². The second-order valence-corrected chi connectivity index (χ2v) is 6.56. The molecule has 126 valence electrons. The van der Waals surface area contributed by atoms with Gasteiger partial charge in [-0.3, -0.25) is 9.69 Å². The summed E-state index contributed by atoms with van der Waals surface area (Å²) >= 11 is 0. The second-order valence-electron chi connectivity index (χ2n) is 6.56. The molecule has 0 bridgehead atoms. The van der Waals surface area contributed by atoms with Gasteiger partial charge >= 0.3 is 5.97 Å². The minimum atomic E-state index is -0.374. The average Bonchev–Trinajstić information content (AvgIpc) is 2.55. The monoisotopic (exact) mass is 310 g/mol. The quantitative estimate of drug-likeness (QED) is 0.731. The normalized spacial score (nSPS) is 23.6. The fourth-order valence-electron chi connectivity index (χ4n) is 3.67. The fraction of sp³-hybridized carbons (Fsp3) is 0.882. The Labute approximate surface area is 134 Å². The van der Waals surface area contributed by atoms with Crippen LogP contribution in [0.1, 0.15) is 58.3 Å². The lowest BCUT2D eigenvalue weighted by atomic mass is 9.94. The van der Waals surface area contributed by atoms with Crippen molar-refractivity contribution in [3.8, 4) is 0 Å². The first-order valence-electron chi connectivity index (χ1n) is 8.79. The van der Waals surface area contributed by atoms with Gasteiger partial charge in [0.1, 0.15) is 6.04 Å². The van der Waals surface area contributed by atoms with Crippen LogP contribution in [-0.2, 0) is 14.3 Å². The Kier molecular flexibility index (Phi) is 6.68. The summed E-state index contributed by atoms with van der Waals surface area (Å²) in [6, 6.07) is 0.143. The zero-order valence-electron chi connectivity index (χ0n) is 14.1. The Bertz CT molecular complexity index is 380. The molecule has 0 N–H and O–H groups in total. The van der Waals surface area contributed by atoms with E-state index < -0.39 is 0 Å². The summed E-state index contributed by atoms with van der Waals surface area (Å²) in [7, 11) is 2.04. The molecule has 1 saturated carbocycles. The van der Waals surface area contributed by atoms with E-state index in [2.05, 4.69) is 4.90 Å². The van der Waals surface area contributed by atoms with Crippen molar-refractivity contribution in [2.45, 2.75) is 70.4 Å². The van der Waals surface area contributed by atoms with Crippen LogP contribution in [0, 0.1) is 0 Å². The lowest BCUT2D eigenvalue weighted by molar-refractivity contribution is -0.157. The summed E-state index contributed by atoms with van der Waals surface area (Å²) in [4.78, 5) is 28.6. The minimum Gasteiger partial charge on any atom is -0.464 e. The molecular formula is C17H30N2O3. The lowest BCUT2D eigenvalue weighted by Gasteiger charge is -2.37. The molecule has 1 atom stereocenters. The highest BCUT2D eigenvalue weighted by atomic mass is 16.5. The van der Waals surface area contributed by atoms with E-state index in [0.717, 1.165) is 19.3 Å². The van der Waals surface area contributed by atoms with Crippen molar-refractivity contribution < 1.29 is 14.3 Å². The first kappa shape index (κ1) is 17.3. The molecule has 1 aliphatic heterocycles. The number of ether oxygens (including phenoxy) is 1. The molecule has 0 aromatic heterocycles. The summed E-state index contributed by atoms with van der Waals surface area (Å²) in [6.45, 7) is 3.28. The summed E-state index contributed by atoms with van der Waals surface area (Å²) in [5, 5.41) is 0. The number of hydrogen-bond acceptors (Lipinski definition) is 4. The number of likely N-dealkylation sites (tertiary alicyclic amines) is 1. The molecule has 0 aromatic carbocycles. The molecule has 22 heavy (non-hydrogen) atoms. The Morgan fingerprint density at radius 1 is 1.09 bits per heavy atom. The topological polar surface area (TPSA) is 49.9 Å². The Morgan fingerprint density at radius 2 is 1.77 bits per heavy atom. The molecule has 1 saturated heterocycles. The van der Waals surface area contributed by atoms with Crippen LogP contribution in [0.5, 0.6) is 0 Å². The van der Waals surface area contributed by atoms with Gasteiger partial charge in [0, 0.05) is 12.6 Å². The predicted molar refractivity (Wildman–Crippen MR) is 85.5 cm³/mol. The molecule has 1 unspecified atom stereocenters. The van der Waals surface area contributed by atoms with Crippen molar-refractivity contribution in [3.05, 3.63) is 0 Å². The molecule has 0 aromatic rings. The third kappa shape index (κ3) is 4.45. The van der Waals surface area contributed by atoms with Gasteiger partial charge in [-0.2, -0.15) is 0 Å². The third-order valence-electron chi connectivity index (χ3n) is 4.96. The molecule has 2 aliphatic rings. The highest BCUT2D eigenvalue weighted by Gasteiger charge is 2.34. The van der Waals surface area contributed by atoms with Crippen LogP contribution < -0.4 is 0 Å². The number of hydrogen-bond donors (Lipinski definition) is 0. The number of nitrogens with zero attached hydrogens (tertiary/aromatic N) is 2. The lowest BCUT2D eigenvalue weighted by Crippen LogP contribution is -2.52. The molecule has 1 amide bonds. The van der Waals surface area contributed by atoms with Crippen LogP contribution in [0.4, 0.5) is 0 Å². The van der Waals surface area contributed by atoms with Gasteiger partial charge in [0.15, 0.2) is 0 Å². The molecule has 1 heterocycles. The maximum Gasteiger partial charge on any atom is 0.328 e. The highest BCUT2D eigenvalue weighted by Crippen LogP contribution is 2.23. The number of carbonyl (C=O) groups is 2. The van der Waals surface area contributed by atoms with Crippen LogP contribution in [0.15, 0.2) is 0 Å². The van der Waals surface area contributed by atoms with Crippen molar-refractivity contribution in [2.75, 3.05) is 26.7 Å². The van der Waals surface area contributed by atoms with Gasteiger partial charge in [0.05, 0.1) is 13.2 Å². The van der Waals surface area contributed by atoms with Crippen molar-refractivity contribution in [2.24, 2.45) is 0 Å². The van der Waals surface area contributed by atoms with Gasteiger partial charge in [0.2, 0.25) is 5.91 Å². The number of amides is 1. The smallest absolute Gasteiger partial charge is 0.328 e. The van der Waals surface area contributed by atoms with E-state index in [4.69, 9.17) is 4.74 Å². The zero-order chi connectivity index (χ0) is 15.9. The van der Waals surface area contributed by atoms with Crippen molar-refractivity contribution in [1.29, 1.82) is 0 Å². The van der Waals surface area contributed by atoms with Gasteiger partial charge < -0.3 is 9.64 Å². The standard InChI is InChI=1S/C17H30N2O3/c1-3-22-17(21)15-11-7-8-12-19(15)16(20)13-18(2)14-9-5-4-6-10-14/h14-15H,3-13H2,1-2H3. The van der Waals surface area contributed by atoms with E-state index in [9.17, 15) is 9.59 Å². The Balaban J connectivity index is 1.91. The first-order chi connectivity index (χ1) is 10.6. The number of carbonyl (C=O) groups excluding carboxylic acids is 2. The predicted octanol–water partition coefficient (Wildman–Crippen LogP) is 2.20. The number of rotatable bonds is 5. The van der Waals surface area contributed by atoms with Gasteiger partial charge in [-0.05, 0) is 46.1 Å². The third-order valence-corrected chi connectivity index (χ3v) is 4.96. The van der Waals surface area contributed by atoms with Gasteiger partial charge in [-0.1, -0.05) is 19.3 Å². The van der Waals surface area contributed by atoms with E-state index in [1.807, 2.05) is 14.0 Å². The average molecular weight is 310 g/mol. The van der Waals surface area contributed by atoms with Crippen molar-refractivity contribution in [1.82, 2.24) is 9.80 Å². The summed E-state index contributed by atoms with van der Waals surface area (Å²) in [5.41, 5.74) is 0.